The van der Waals surface area contributed by atoms with E-state index in [0.717, 1.165) is 38.5 Å². The Morgan fingerprint density at radius 3 is 2.02 bits per heavy atom. The molecule has 6 nitrogen and oxygen atoms in total. The molecule has 2 saturated heterocycles. The first-order valence-electron chi connectivity index (χ1n) is 21.2. The molecule has 306 valence electrons. The lowest BCUT2D eigenvalue weighted by Gasteiger charge is -2.45. The van der Waals surface area contributed by atoms with E-state index in [9.17, 15) is 0 Å². The minimum absolute atomic E-state index is 0.0433. The second-order valence-electron chi connectivity index (χ2n) is 19.3. The van der Waals surface area contributed by atoms with E-state index in [4.69, 9.17) is 23.4 Å². The van der Waals surface area contributed by atoms with E-state index in [1.807, 2.05) is 13.8 Å². The molecule has 2 aromatic rings. The molecular formula is C47H74O6Si2. The van der Waals surface area contributed by atoms with E-state index in [1.54, 1.807) is 0 Å². The quantitative estimate of drug-likeness (QED) is 0.118. The van der Waals surface area contributed by atoms with Crippen molar-refractivity contribution in [3.63, 3.8) is 0 Å². The van der Waals surface area contributed by atoms with Gasteiger partial charge in [0.1, 0.15) is 13.9 Å². The first-order valence-corrected chi connectivity index (χ1v) is 26.6. The Labute approximate surface area is 337 Å². The van der Waals surface area contributed by atoms with Crippen LogP contribution in [-0.4, -0.2) is 65.8 Å². The van der Waals surface area contributed by atoms with Gasteiger partial charge in [0.25, 0.3) is 8.32 Å². The molecule has 2 fully saturated rings. The summed E-state index contributed by atoms with van der Waals surface area (Å²) < 4.78 is 33.0. The molecule has 0 aliphatic carbocycles. The number of carbonyl (C=O) groups excluding carboxylic acids is 1. The van der Waals surface area contributed by atoms with Crippen LogP contribution < -0.4 is 10.4 Å². The van der Waals surface area contributed by atoms with Gasteiger partial charge >= 0.3 is 0 Å². The summed E-state index contributed by atoms with van der Waals surface area (Å²) in [6.07, 6.45) is 6.94. The Balaban J connectivity index is 1.60. The lowest BCUT2D eigenvalue weighted by atomic mass is 9.70. The molecule has 0 amide bonds. The van der Waals surface area contributed by atoms with Gasteiger partial charge in [0.2, 0.25) is 0 Å². The summed E-state index contributed by atoms with van der Waals surface area (Å²) >= 11 is 0. The van der Waals surface area contributed by atoms with Crippen LogP contribution in [0.2, 0.25) is 24.7 Å². The fourth-order valence-corrected chi connectivity index (χ4v) is 13.9. The fraction of sp³-hybridized carbons (Fsp3) is 0.681. The molecule has 0 spiro atoms. The summed E-state index contributed by atoms with van der Waals surface area (Å²) in [4.78, 5) is 15.1. The van der Waals surface area contributed by atoms with Crippen molar-refractivity contribution in [2.75, 3.05) is 13.2 Å². The maximum atomic E-state index is 15.1. The lowest BCUT2D eigenvalue weighted by Crippen LogP contribution is -2.67. The zero-order valence-corrected chi connectivity index (χ0v) is 38.5. The maximum absolute atomic E-state index is 15.1. The molecule has 2 aromatic carbocycles. The number of ketones is 1. The molecule has 0 aromatic heterocycles. The molecule has 8 heteroatoms. The maximum Gasteiger partial charge on any atom is 0.261 e. The van der Waals surface area contributed by atoms with Crippen molar-refractivity contribution in [2.45, 2.75) is 175 Å². The highest BCUT2D eigenvalue weighted by Crippen LogP contribution is 2.41. The standard InChI is InChI=1S/C47H74O6Si2/c1-36(24-23-25-37(2)53-55(45(3,4)5,38-26-15-13-16-27-38)39-28-17-14-18-29-39)43(51-42-31-19-21-33-49-42)40(30-20-22-35-54(10,11)12)44(48)46(6,7)41-32-34-50-47(8,9)52-41/h13-18,26-29,36-37,40-43H,19-21,23-25,30-34H2,1-12H3/t36-,37?,40+,41-,42?,43?/m0/s1. The molecule has 2 aliphatic rings. The van der Waals surface area contributed by atoms with Gasteiger partial charge in [-0.15, -0.1) is 11.5 Å². The normalized spacial score (nSPS) is 21.8. The molecular weight excluding hydrogens is 717 g/mol. The number of benzene rings is 2. The summed E-state index contributed by atoms with van der Waals surface area (Å²) in [6.45, 7) is 27.6. The van der Waals surface area contributed by atoms with Gasteiger partial charge in [-0.3, -0.25) is 4.79 Å². The van der Waals surface area contributed by atoms with Gasteiger partial charge < -0.3 is 23.4 Å². The Bertz CT molecular complexity index is 1490. The number of rotatable bonds is 17. The van der Waals surface area contributed by atoms with Crippen LogP contribution in [0.4, 0.5) is 0 Å². The third-order valence-electron chi connectivity index (χ3n) is 11.5. The van der Waals surface area contributed by atoms with Gasteiger partial charge in [-0.1, -0.05) is 128 Å². The predicted molar refractivity (Wildman–Crippen MR) is 232 cm³/mol. The Kier molecular flexibility index (Phi) is 16.2. The third-order valence-corrected chi connectivity index (χ3v) is 17.6. The first-order chi connectivity index (χ1) is 25.8. The van der Waals surface area contributed by atoms with Crippen molar-refractivity contribution in [1.82, 2.24) is 0 Å². The molecule has 6 atom stereocenters. The highest BCUT2D eigenvalue weighted by atomic mass is 28.4. The van der Waals surface area contributed by atoms with Gasteiger partial charge in [0, 0.05) is 25.0 Å². The second kappa shape index (κ2) is 19.6. The number of hydrogen-bond acceptors (Lipinski definition) is 6. The van der Waals surface area contributed by atoms with Gasteiger partial charge in [-0.25, -0.2) is 0 Å². The molecule has 2 aliphatic heterocycles. The number of ether oxygens (including phenoxy) is 4. The monoisotopic (exact) mass is 791 g/mol. The smallest absolute Gasteiger partial charge is 0.261 e. The largest absolute Gasteiger partial charge is 0.405 e. The third kappa shape index (κ3) is 12.4. The Morgan fingerprint density at radius 2 is 1.49 bits per heavy atom. The molecule has 0 bridgehead atoms. The zero-order chi connectivity index (χ0) is 40.5. The predicted octanol–water partition coefficient (Wildman–Crippen LogP) is 10.1. The molecule has 4 rings (SSSR count). The lowest BCUT2D eigenvalue weighted by molar-refractivity contribution is -0.289. The summed E-state index contributed by atoms with van der Waals surface area (Å²) in [7, 11) is -4.23. The van der Waals surface area contributed by atoms with Crippen molar-refractivity contribution in [3.8, 4) is 11.5 Å². The van der Waals surface area contributed by atoms with E-state index in [0.29, 0.717) is 32.5 Å². The van der Waals surface area contributed by atoms with Gasteiger partial charge in [0.05, 0.1) is 24.2 Å². The van der Waals surface area contributed by atoms with Crippen molar-refractivity contribution >= 4 is 32.5 Å². The summed E-state index contributed by atoms with van der Waals surface area (Å²) in [5, 5.41) is 2.51. The molecule has 0 saturated carbocycles. The van der Waals surface area contributed by atoms with E-state index >= 15 is 4.79 Å². The average molecular weight is 791 g/mol. The number of carbonyl (C=O) groups is 1. The van der Waals surface area contributed by atoms with Crippen LogP contribution in [0.3, 0.4) is 0 Å². The van der Waals surface area contributed by atoms with Gasteiger partial charge in [-0.05, 0) is 87.0 Å². The van der Waals surface area contributed by atoms with Crippen LogP contribution in [0.5, 0.6) is 0 Å². The average Bonchev–Trinajstić information content (AvgIpc) is 3.12. The second-order valence-corrected chi connectivity index (χ2v) is 28.3. The summed E-state index contributed by atoms with van der Waals surface area (Å²) in [6, 6.07) is 21.8. The minimum Gasteiger partial charge on any atom is -0.405 e. The Hall–Kier alpha value is -2.10. The first kappa shape index (κ1) is 45.6. The molecule has 0 N–H and O–H groups in total. The fourth-order valence-electron chi connectivity index (χ4n) is 8.55. The molecule has 2 heterocycles. The van der Waals surface area contributed by atoms with Crippen LogP contribution in [-0.2, 0) is 28.2 Å². The number of Topliss-reactive ketones (excluding diaryl/α,β-unsaturated/α-hetero) is 1. The molecule has 55 heavy (non-hydrogen) atoms. The molecule has 0 radical (unpaired) electrons. The highest BCUT2D eigenvalue weighted by Gasteiger charge is 2.51. The van der Waals surface area contributed by atoms with E-state index in [1.165, 1.54) is 10.4 Å². The van der Waals surface area contributed by atoms with Gasteiger partial charge in [-0.2, -0.15) is 0 Å². The van der Waals surface area contributed by atoms with Crippen LogP contribution >= 0.6 is 0 Å². The van der Waals surface area contributed by atoms with Crippen LogP contribution in [0, 0.1) is 28.7 Å². The summed E-state index contributed by atoms with van der Waals surface area (Å²) in [5.74, 6) is 2.72. The highest BCUT2D eigenvalue weighted by molar-refractivity contribution is 6.99. The zero-order valence-electron chi connectivity index (χ0n) is 36.5. The topological polar surface area (TPSA) is 63.2 Å². The van der Waals surface area contributed by atoms with Crippen molar-refractivity contribution in [1.29, 1.82) is 0 Å². The number of hydrogen-bond donors (Lipinski definition) is 0. The molecule has 3 unspecified atom stereocenters. The van der Waals surface area contributed by atoms with Crippen molar-refractivity contribution < 1.29 is 28.2 Å². The van der Waals surface area contributed by atoms with Crippen LogP contribution in [0.25, 0.3) is 0 Å². The summed E-state index contributed by atoms with van der Waals surface area (Å²) in [5.41, 5.74) is 2.81. The Morgan fingerprint density at radius 1 is 0.873 bits per heavy atom. The van der Waals surface area contributed by atoms with Crippen LogP contribution in [0.1, 0.15) is 120 Å². The van der Waals surface area contributed by atoms with Gasteiger partial charge in [0.15, 0.2) is 12.1 Å². The van der Waals surface area contributed by atoms with Crippen molar-refractivity contribution in [2.24, 2.45) is 17.3 Å². The SMILES string of the molecule is CC(CCC[C@H](C)C(OC1CCCCO1)[C@@H](CCC#C[Si](C)(C)C)C(=O)C(C)(C)[C@@H]1CCOC(C)(C)O1)O[Si](c1ccccc1)(c1ccccc1)C(C)(C)C. The van der Waals surface area contributed by atoms with E-state index < -0.39 is 27.6 Å². The van der Waals surface area contributed by atoms with Crippen molar-refractivity contribution in [3.05, 3.63) is 60.7 Å². The minimum atomic E-state index is -2.67. The van der Waals surface area contributed by atoms with Crippen LogP contribution in [0.15, 0.2) is 60.7 Å². The van der Waals surface area contributed by atoms with E-state index in [-0.39, 0.29) is 47.3 Å². The van der Waals surface area contributed by atoms with E-state index in [2.05, 4.69) is 140 Å².